The molecule has 3 rings (SSSR count). The summed E-state index contributed by atoms with van der Waals surface area (Å²) >= 11 is 1.39. The van der Waals surface area contributed by atoms with Crippen LogP contribution < -0.4 is 15.4 Å². The van der Waals surface area contributed by atoms with Crippen LogP contribution in [-0.2, 0) is 9.53 Å². The van der Waals surface area contributed by atoms with Crippen LogP contribution >= 0.6 is 11.3 Å². The monoisotopic (exact) mass is 333 g/mol. The van der Waals surface area contributed by atoms with E-state index < -0.39 is 0 Å². The first kappa shape index (κ1) is 15.9. The number of nitrogens with zero attached hydrogens (tertiary/aromatic N) is 1. The van der Waals surface area contributed by atoms with Crippen molar-refractivity contribution in [3.05, 3.63) is 29.6 Å². The molecule has 1 fully saturated rings. The van der Waals surface area contributed by atoms with Crippen molar-refractivity contribution in [2.45, 2.75) is 19.1 Å². The van der Waals surface area contributed by atoms with E-state index in [0.29, 0.717) is 18.3 Å². The molecule has 6 nitrogen and oxygen atoms in total. The van der Waals surface area contributed by atoms with Gasteiger partial charge >= 0.3 is 0 Å². The van der Waals surface area contributed by atoms with Crippen molar-refractivity contribution in [2.75, 3.05) is 25.6 Å². The van der Waals surface area contributed by atoms with Crippen LogP contribution in [0.25, 0.3) is 11.3 Å². The number of hydrogen-bond acceptors (Lipinski definition) is 6. The van der Waals surface area contributed by atoms with Crippen LogP contribution in [0.1, 0.15) is 6.92 Å². The summed E-state index contributed by atoms with van der Waals surface area (Å²) in [7, 11) is 1.63. The van der Waals surface area contributed by atoms with Gasteiger partial charge in [-0.2, -0.15) is 0 Å². The van der Waals surface area contributed by atoms with Gasteiger partial charge < -0.3 is 20.1 Å². The van der Waals surface area contributed by atoms with E-state index in [1.807, 2.05) is 36.6 Å². The number of ether oxygens (including phenoxy) is 2. The van der Waals surface area contributed by atoms with Crippen LogP contribution in [0.15, 0.2) is 29.6 Å². The first-order chi connectivity index (χ1) is 11.2. The smallest absolute Gasteiger partial charge is 0.245 e. The van der Waals surface area contributed by atoms with Crippen molar-refractivity contribution in [1.82, 2.24) is 10.3 Å². The summed E-state index contributed by atoms with van der Waals surface area (Å²) in [5.41, 5.74) is 1.68. The Morgan fingerprint density at radius 2 is 2.30 bits per heavy atom. The third kappa shape index (κ3) is 3.52. The van der Waals surface area contributed by atoms with Crippen molar-refractivity contribution in [1.29, 1.82) is 0 Å². The van der Waals surface area contributed by atoms with Gasteiger partial charge in [0.2, 0.25) is 5.91 Å². The van der Waals surface area contributed by atoms with Crippen LogP contribution in [0, 0.1) is 0 Å². The molecule has 2 aromatic rings. The van der Waals surface area contributed by atoms with Gasteiger partial charge in [0.25, 0.3) is 0 Å². The summed E-state index contributed by atoms with van der Waals surface area (Å²) < 4.78 is 10.8. The number of rotatable bonds is 4. The fourth-order valence-electron chi connectivity index (χ4n) is 2.52. The van der Waals surface area contributed by atoms with E-state index in [1.54, 1.807) is 7.11 Å². The number of thiazole rings is 1. The van der Waals surface area contributed by atoms with Crippen LogP contribution in [0.2, 0.25) is 0 Å². The molecular formula is C16H19N3O3S. The molecule has 1 aromatic carbocycles. The summed E-state index contributed by atoms with van der Waals surface area (Å²) in [6, 6.07) is 7.31. The highest BCUT2D eigenvalue weighted by Gasteiger charge is 2.28. The Balaban J connectivity index is 1.73. The van der Waals surface area contributed by atoms with E-state index >= 15 is 0 Å². The molecule has 122 valence electrons. The van der Waals surface area contributed by atoms with Crippen LogP contribution in [0.5, 0.6) is 5.75 Å². The second kappa shape index (κ2) is 7.08. The molecule has 0 radical (unpaired) electrons. The maximum Gasteiger partial charge on any atom is 0.245 e. The second-order valence-electron chi connectivity index (χ2n) is 5.24. The maximum absolute atomic E-state index is 12.3. The number of methoxy groups -OCH3 is 1. The number of benzene rings is 1. The normalized spacial score (nSPS) is 21.0. The first-order valence-corrected chi connectivity index (χ1v) is 8.32. The summed E-state index contributed by atoms with van der Waals surface area (Å²) in [5.74, 6) is 0.629. The van der Waals surface area contributed by atoms with Crippen LogP contribution in [-0.4, -0.2) is 43.3 Å². The number of hydrogen-bond donors (Lipinski definition) is 2. The molecule has 0 bridgehead atoms. The zero-order valence-corrected chi connectivity index (χ0v) is 13.9. The van der Waals surface area contributed by atoms with Crippen molar-refractivity contribution >= 4 is 22.4 Å². The maximum atomic E-state index is 12.3. The Bertz CT molecular complexity index is 689. The van der Waals surface area contributed by atoms with E-state index in [-0.39, 0.29) is 18.1 Å². The highest BCUT2D eigenvalue weighted by atomic mass is 32.1. The third-order valence-electron chi connectivity index (χ3n) is 3.72. The molecule has 2 N–H and O–H groups in total. The van der Waals surface area contributed by atoms with Gasteiger partial charge in [-0.1, -0.05) is 12.1 Å². The van der Waals surface area contributed by atoms with Crippen molar-refractivity contribution in [3.8, 4) is 17.0 Å². The van der Waals surface area contributed by atoms with E-state index in [4.69, 9.17) is 9.47 Å². The quantitative estimate of drug-likeness (QED) is 0.897. The van der Waals surface area contributed by atoms with Crippen molar-refractivity contribution < 1.29 is 14.3 Å². The lowest BCUT2D eigenvalue weighted by atomic mass is 10.1. The second-order valence-corrected chi connectivity index (χ2v) is 6.09. The van der Waals surface area contributed by atoms with Crippen molar-refractivity contribution in [3.63, 3.8) is 0 Å². The number of amides is 1. The number of carbonyl (C=O) groups is 1. The van der Waals surface area contributed by atoms with Gasteiger partial charge in [-0.25, -0.2) is 4.98 Å². The molecule has 0 unspecified atom stereocenters. The first-order valence-electron chi connectivity index (χ1n) is 7.44. The summed E-state index contributed by atoms with van der Waals surface area (Å²) in [5, 5.41) is 8.49. The zero-order chi connectivity index (χ0) is 16.2. The minimum absolute atomic E-state index is 0.127. The predicted octanol–water partition coefficient (Wildman–Crippen LogP) is 2.13. The number of nitrogens with one attached hydrogen (secondary N) is 2. The molecule has 23 heavy (non-hydrogen) atoms. The Hall–Kier alpha value is -1.96. The molecule has 1 saturated heterocycles. The van der Waals surface area contributed by atoms with Gasteiger partial charge in [0.1, 0.15) is 11.8 Å². The van der Waals surface area contributed by atoms with Crippen LogP contribution in [0.3, 0.4) is 0 Å². The molecular weight excluding hydrogens is 314 g/mol. The lowest BCUT2D eigenvalue weighted by Crippen LogP contribution is -2.53. The minimum atomic E-state index is -0.359. The topological polar surface area (TPSA) is 72.5 Å². The highest BCUT2D eigenvalue weighted by molar-refractivity contribution is 7.14. The number of carbonyl (C=O) groups excluding carboxylic acids is 1. The summed E-state index contributed by atoms with van der Waals surface area (Å²) in [4.78, 5) is 16.8. The number of aromatic nitrogens is 1. The van der Waals surface area contributed by atoms with Gasteiger partial charge in [-0.3, -0.25) is 4.79 Å². The molecule has 0 aliphatic carbocycles. The molecule has 0 spiro atoms. The third-order valence-corrected chi connectivity index (χ3v) is 4.47. The predicted molar refractivity (Wildman–Crippen MR) is 89.9 cm³/mol. The van der Waals surface area contributed by atoms with Gasteiger partial charge in [0.15, 0.2) is 5.13 Å². The molecule has 2 atom stereocenters. The van der Waals surface area contributed by atoms with Gasteiger partial charge in [0, 0.05) is 17.5 Å². The summed E-state index contributed by atoms with van der Waals surface area (Å²) in [6.07, 6.45) is -0.155. The average molecular weight is 333 g/mol. The van der Waals surface area contributed by atoms with Crippen molar-refractivity contribution in [2.24, 2.45) is 0 Å². The fraction of sp³-hybridized carbons (Fsp3) is 0.375. The van der Waals surface area contributed by atoms with Gasteiger partial charge in [0.05, 0.1) is 25.5 Å². The van der Waals surface area contributed by atoms with E-state index in [9.17, 15) is 4.79 Å². The minimum Gasteiger partial charge on any atom is -0.496 e. The SMILES string of the molecule is COc1ccccc1-c1csc(NC(=O)[C@H]2NCCO[C@@H]2C)n1. The molecule has 0 saturated carbocycles. The molecule has 7 heteroatoms. The standard InChI is InChI=1S/C16H19N3O3S/c1-10-14(17-7-8-22-10)15(20)19-16-18-12(9-23-16)11-5-3-4-6-13(11)21-2/h3-6,9-10,14,17H,7-8H2,1-2H3,(H,18,19,20)/t10-,14+/m1/s1. The van der Waals surface area contributed by atoms with Gasteiger partial charge in [-0.05, 0) is 19.1 Å². The lowest BCUT2D eigenvalue weighted by molar-refractivity contribution is -0.123. The largest absolute Gasteiger partial charge is 0.496 e. The van der Waals surface area contributed by atoms with E-state index in [1.165, 1.54) is 11.3 Å². The van der Waals surface area contributed by atoms with E-state index in [2.05, 4.69) is 15.6 Å². The lowest BCUT2D eigenvalue weighted by Gasteiger charge is -2.28. The van der Waals surface area contributed by atoms with Gasteiger partial charge in [-0.15, -0.1) is 11.3 Å². The van der Waals surface area contributed by atoms with E-state index in [0.717, 1.165) is 17.0 Å². The highest BCUT2D eigenvalue weighted by Crippen LogP contribution is 2.31. The Morgan fingerprint density at radius 1 is 1.48 bits per heavy atom. The Morgan fingerprint density at radius 3 is 3.09 bits per heavy atom. The number of morpholine rings is 1. The fourth-order valence-corrected chi connectivity index (χ4v) is 3.24. The molecule has 2 heterocycles. The number of para-hydroxylation sites is 1. The van der Waals surface area contributed by atoms with Crippen LogP contribution in [0.4, 0.5) is 5.13 Å². The Labute approximate surface area is 138 Å². The average Bonchev–Trinajstić information content (AvgIpc) is 3.03. The molecule has 1 aliphatic rings. The summed E-state index contributed by atoms with van der Waals surface area (Å²) in [6.45, 7) is 3.19. The number of anilines is 1. The Kier molecular flexibility index (Phi) is 4.90. The molecule has 1 amide bonds. The molecule has 1 aliphatic heterocycles. The molecule has 1 aromatic heterocycles. The zero-order valence-electron chi connectivity index (χ0n) is 13.0.